The van der Waals surface area contributed by atoms with Crippen molar-refractivity contribution >= 4 is 34.2 Å². The molecule has 8 heteroatoms. The average Bonchev–Trinajstić information content (AvgIpc) is 2.97. The molecule has 138 valence electrons. The summed E-state index contributed by atoms with van der Waals surface area (Å²) in [5.41, 5.74) is 5.58. The molecule has 0 spiro atoms. The Morgan fingerprint density at radius 1 is 1.24 bits per heavy atom. The number of hydrogen-bond donors (Lipinski definition) is 2. The predicted molar refractivity (Wildman–Crippen MR) is 102 cm³/mol. The number of amides is 1. The minimum absolute atomic E-state index is 0. The van der Waals surface area contributed by atoms with Crippen LogP contribution in [0.4, 0.5) is 0 Å². The van der Waals surface area contributed by atoms with Crippen LogP contribution in [-0.4, -0.2) is 16.0 Å². The van der Waals surface area contributed by atoms with Gasteiger partial charge in [0.2, 0.25) is 11.8 Å². The van der Waals surface area contributed by atoms with Gasteiger partial charge in [0, 0.05) is 9.89 Å². The smallest absolute Gasteiger partial charge is 0.248 e. The van der Waals surface area contributed by atoms with E-state index < -0.39 is 11.6 Å². The van der Waals surface area contributed by atoms with Gasteiger partial charge in [-0.3, -0.25) is 4.79 Å². The molecule has 2 atom stereocenters. The van der Waals surface area contributed by atoms with E-state index in [-0.39, 0.29) is 23.7 Å². The van der Waals surface area contributed by atoms with Gasteiger partial charge in [0.05, 0.1) is 0 Å². The molecule has 1 heterocycles. The summed E-state index contributed by atoms with van der Waals surface area (Å²) in [6.07, 6.45) is 0. The number of hydrogen-bond acceptors (Lipinski definition) is 5. The SMILES string of the molecule is CC(NC(=O)C(C)(N)c1ccc(Br)cc1)c1nc(C(C)(C)C)no1.Cl. The Hall–Kier alpha value is -1.44. The summed E-state index contributed by atoms with van der Waals surface area (Å²) < 4.78 is 6.19. The second kappa shape index (κ2) is 7.85. The molecule has 1 aromatic heterocycles. The van der Waals surface area contributed by atoms with E-state index in [1.54, 1.807) is 13.8 Å². The fraction of sp³-hybridized carbons (Fsp3) is 0.471. The maximum Gasteiger partial charge on any atom is 0.248 e. The van der Waals surface area contributed by atoms with Gasteiger partial charge in [-0.2, -0.15) is 4.98 Å². The first-order valence-corrected chi connectivity index (χ1v) is 8.51. The highest BCUT2D eigenvalue weighted by Gasteiger charge is 2.33. The van der Waals surface area contributed by atoms with Crippen molar-refractivity contribution in [2.75, 3.05) is 0 Å². The van der Waals surface area contributed by atoms with Gasteiger partial charge < -0.3 is 15.6 Å². The number of carbonyl (C=O) groups excluding carboxylic acids is 1. The fourth-order valence-electron chi connectivity index (χ4n) is 2.05. The molecule has 0 bridgehead atoms. The molecule has 0 fully saturated rings. The Balaban J connectivity index is 0.00000312. The highest BCUT2D eigenvalue weighted by Crippen LogP contribution is 2.23. The van der Waals surface area contributed by atoms with E-state index in [9.17, 15) is 4.79 Å². The molecular weight excluding hydrogens is 408 g/mol. The van der Waals surface area contributed by atoms with E-state index in [0.717, 1.165) is 10.0 Å². The lowest BCUT2D eigenvalue weighted by molar-refractivity contribution is -0.127. The molecule has 0 aliphatic rings. The van der Waals surface area contributed by atoms with Crippen molar-refractivity contribution in [3.8, 4) is 0 Å². The number of aromatic nitrogens is 2. The monoisotopic (exact) mass is 430 g/mol. The third-order valence-electron chi connectivity index (χ3n) is 3.75. The van der Waals surface area contributed by atoms with Gasteiger partial charge in [0.1, 0.15) is 11.6 Å². The molecule has 2 aromatic rings. The average molecular weight is 432 g/mol. The molecule has 25 heavy (non-hydrogen) atoms. The Bertz CT molecular complexity index is 723. The molecular formula is C17H24BrClN4O2. The molecule has 0 saturated carbocycles. The summed E-state index contributed by atoms with van der Waals surface area (Å²) in [5, 5.41) is 6.81. The summed E-state index contributed by atoms with van der Waals surface area (Å²) >= 11 is 3.37. The van der Waals surface area contributed by atoms with Crippen LogP contribution < -0.4 is 11.1 Å². The molecule has 0 radical (unpaired) electrons. The molecule has 6 nitrogen and oxygen atoms in total. The zero-order valence-electron chi connectivity index (χ0n) is 15.0. The van der Waals surface area contributed by atoms with Gasteiger partial charge >= 0.3 is 0 Å². The lowest BCUT2D eigenvalue weighted by atomic mass is 9.92. The first-order valence-electron chi connectivity index (χ1n) is 7.72. The Morgan fingerprint density at radius 3 is 2.28 bits per heavy atom. The molecule has 3 N–H and O–H groups in total. The van der Waals surface area contributed by atoms with Crippen molar-refractivity contribution in [2.45, 2.75) is 51.6 Å². The Morgan fingerprint density at radius 2 is 1.80 bits per heavy atom. The van der Waals surface area contributed by atoms with Gasteiger partial charge in [-0.1, -0.05) is 54.0 Å². The first-order chi connectivity index (χ1) is 11.0. The summed E-state index contributed by atoms with van der Waals surface area (Å²) in [6, 6.07) is 6.91. The van der Waals surface area contributed by atoms with Crippen LogP contribution in [0.15, 0.2) is 33.3 Å². The molecule has 0 aliphatic heterocycles. The van der Waals surface area contributed by atoms with E-state index in [4.69, 9.17) is 10.3 Å². The summed E-state index contributed by atoms with van der Waals surface area (Å²) in [6.45, 7) is 9.45. The maximum absolute atomic E-state index is 12.6. The summed E-state index contributed by atoms with van der Waals surface area (Å²) in [7, 11) is 0. The molecule has 1 aromatic carbocycles. The molecule has 2 unspecified atom stereocenters. The van der Waals surface area contributed by atoms with Crippen LogP contribution in [0, 0.1) is 0 Å². The number of nitrogens with zero attached hydrogens (tertiary/aromatic N) is 2. The van der Waals surface area contributed by atoms with Crippen LogP contribution in [0.2, 0.25) is 0 Å². The van der Waals surface area contributed by atoms with Crippen LogP contribution in [0.3, 0.4) is 0 Å². The number of carbonyl (C=O) groups is 1. The predicted octanol–water partition coefficient (Wildman–Crippen LogP) is 3.60. The van der Waals surface area contributed by atoms with Crippen LogP contribution in [0.1, 0.15) is 57.9 Å². The van der Waals surface area contributed by atoms with E-state index in [0.29, 0.717) is 11.7 Å². The number of nitrogens with two attached hydrogens (primary N) is 1. The molecule has 2 rings (SSSR count). The van der Waals surface area contributed by atoms with Crippen molar-refractivity contribution in [1.82, 2.24) is 15.5 Å². The van der Waals surface area contributed by atoms with Crippen LogP contribution >= 0.6 is 28.3 Å². The quantitative estimate of drug-likeness (QED) is 0.771. The van der Waals surface area contributed by atoms with Crippen molar-refractivity contribution in [2.24, 2.45) is 5.73 Å². The van der Waals surface area contributed by atoms with Gasteiger partial charge in [-0.25, -0.2) is 0 Å². The fourth-order valence-corrected chi connectivity index (χ4v) is 2.32. The summed E-state index contributed by atoms with van der Waals surface area (Å²) in [4.78, 5) is 17.0. The van der Waals surface area contributed by atoms with Gasteiger partial charge in [-0.05, 0) is 31.5 Å². The third-order valence-corrected chi connectivity index (χ3v) is 4.27. The maximum atomic E-state index is 12.6. The number of benzene rings is 1. The lowest BCUT2D eigenvalue weighted by Crippen LogP contribution is -2.49. The van der Waals surface area contributed by atoms with Gasteiger partial charge in [-0.15, -0.1) is 12.4 Å². The molecule has 0 saturated heterocycles. The van der Waals surface area contributed by atoms with Crippen molar-refractivity contribution in [1.29, 1.82) is 0 Å². The second-order valence-electron chi connectivity index (χ2n) is 7.11. The zero-order chi connectivity index (χ0) is 18.1. The third kappa shape index (κ3) is 5.03. The topological polar surface area (TPSA) is 94.0 Å². The summed E-state index contributed by atoms with van der Waals surface area (Å²) in [5.74, 6) is 0.648. The van der Waals surface area contributed by atoms with Gasteiger partial charge in [0.15, 0.2) is 5.82 Å². The van der Waals surface area contributed by atoms with E-state index in [1.165, 1.54) is 0 Å². The highest BCUT2D eigenvalue weighted by molar-refractivity contribution is 9.10. The largest absolute Gasteiger partial charge is 0.343 e. The Labute approximate surface area is 162 Å². The lowest BCUT2D eigenvalue weighted by Gasteiger charge is -2.25. The Kier molecular flexibility index (Phi) is 6.78. The van der Waals surface area contributed by atoms with Gasteiger partial charge in [0.25, 0.3) is 0 Å². The van der Waals surface area contributed by atoms with E-state index in [2.05, 4.69) is 31.4 Å². The normalized spacial score (nSPS) is 15.0. The standard InChI is InChI=1S/C17H23BrN4O2.ClH/c1-10(13-21-14(22-24-13)16(2,3)4)20-15(23)17(5,19)11-6-8-12(18)9-7-11;/h6-10H,19H2,1-5H3,(H,20,23);1H. The van der Waals surface area contributed by atoms with E-state index >= 15 is 0 Å². The van der Waals surface area contributed by atoms with Crippen molar-refractivity contribution in [3.05, 3.63) is 46.0 Å². The number of nitrogens with one attached hydrogen (secondary N) is 1. The van der Waals surface area contributed by atoms with Crippen LogP contribution in [0.25, 0.3) is 0 Å². The molecule has 0 aliphatic carbocycles. The second-order valence-corrected chi connectivity index (χ2v) is 8.03. The van der Waals surface area contributed by atoms with E-state index in [1.807, 2.05) is 45.0 Å². The zero-order valence-corrected chi connectivity index (χ0v) is 17.4. The first kappa shape index (κ1) is 21.6. The minimum atomic E-state index is -1.16. The van der Waals surface area contributed by atoms with Crippen molar-refractivity contribution in [3.63, 3.8) is 0 Å². The number of rotatable bonds is 4. The number of halogens is 2. The molecule has 1 amide bonds. The van der Waals surface area contributed by atoms with Crippen molar-refractivity contribution < 1.29 is 9.32 Å². The van der Waals surface area contributed by atoms with Crippen LogP contribution in [0.5, 0.6) is 0 Å². The van der Waals surface area contributed by atoms with Crippen LogP contribution in [-0.2, 0) is 15.7 Å². The minimum Gasteiger partial charge on any atom is -0.343 e. The highest BCUT2D eigenvalue weighted by atomic mass is 79.9.